The fraction of sp³-hybridized carbons (Fsp3) is 0.182. The largest absolute Gasteiger partial charge is 0.478 e. The number of carbonyl (C=O) groups is 2. The molecule has 0 fully saturated rings. The molecule has 0 saturated heterocycles. The van der Waals surface area contributed by atoms with Crippen molar-refractivity contribution < 1.29 is 41.4 Å². The highest BCUT2D eigenvalue weighted by atomic mass is 19.1. The standard InChI is InChI=1S/C22H19FN4O3.C12H13FN2O.C10H8N2O3/c1-13(19-12-29-22(26-19)15-6-8-18(23)9-7-15)11-24-21(28)17-5-3-4-16(10-17)20-25-14(2)30-27-20;1-8(6-14)11-7-16-12(15-11)9-2-4-10(13)5-3-9;1-6-11-9(12-15-6)7-3-2-4-8(5-7)10(13)14/h3-10,12-13H,11H2,1-2H3,(H,24,28);2-5,7-8H,6,14H2,1H3;2-5H,1H3,(H,13,14). The lowest BCUT2D eigenvalue weighted by Crippen LogP contribution is -2.27. The zero-order chi connectivity index (χ0) is 43.5. The topological polar surface area (TPSA) is 222 Å². The van der Waals surface area contributed by atoms with Gasteiger partial charge in [-0.15, -0.1) is 0 Å². The van der Waals surface area contributed by atoms with Gasteiger partial charge in [0.05, 0.1) is 17.0 Å². The first kappa shape index (κ1) is 42.9. The number of aromatic nitrogens is 6. The average Bonchev–Trinajstić information content (AvgIpc) is 4.12. The molecule has 61 heavy (non-hydrogen) atoms. The van der Waals surface area contributed by atoms with Crippen molar-refractivity contribution in [3.8, 4) is 45.7 Å². The Morgan fingerprint density at radius 3 is 1.56 bits per heavy atom. The predicted octanol–water partition coefficient (Wildman–Crippen LogP) is 8.66. The normalized spacial score (nSPS) is 11.7. The molecule has 4 heterocycles. The van der Waals surface area contributed by atoms with Crippen molar-refractivity contribution in [2.24, 2.45) is 5.73 Å². The number of halogens is 2. The molecule has 0 bridgehead atoms. The van der Waals surface area contributed by atoms with Gasteiger partial charge in [-0.1, -0.05) is 48.4 Å². The quantitative estimate of drug-likeness (QED) is 0.111. The molecule has 4 aromatic carbocycles. The van der Waals surface area contributed by atoms with Crippen molar-refractivity contribution in [1.29, 1.82) is 0 Å². The van der Waals surface area contributed by atoms with Gasteiger partial charge in [0.2, 0.25) is 35.2 Å². The van der Waals surface area contributed by atoms with Crippen molar-refractivity contribution >= 4 is 11.9 Å². The molecule has 0 spiro atoms. The first-order valence-corrected chi connectivity index (χ1v) is 18.8. The number of nitrogens with two attached hydrogens (primary N) is 1. The third-order valence-electron chi connectivity index (χ3n) is 8.96. The van der Waals surface area contributed by atoms with Crippen LogP contribution in [0, 0.1) is 25.5 Å². The van der Waals surface area contributed by atoms with Crippen LogP contribution in [0.3, 0.4) is 0 Å². The molecule has 0 radical (unpaired) electrons. The van der Waals surface area contributed by atoms with E-state index in [2.05, 4.69) is 35.6 Å². The number of rotatable bonds is 11. The van der Waals surface area contributed by atoms with E-state index >= 15 is 0 Å². The van der Waals surface area contributed by atoms with Gasteiger partial charge >= 0.3 is 5.97 Å². The third-order valence-corrected chi connectivity index (χ3v) is 8.96. The van der Waals surface area contributed by atoms with Crippen molar-refractivity contribution in [3.63, 3.8) is 0 Å². The molecule has 4 N–H and O–H groups in total. The minimum Gasteiger partial charge on any atom is -0.478 e. The molecule has 0 aliphatic carbocycles. The fourth-order valence-corrected chi connectivity index (χ4v) is 5.47. The maximum Gasteiger partial charge on any atom is 0.335 e. The van der Waals surface area contributed by atoms with Crippen LogP contribution >= 0.6 is 0 Å². The number of aromatic carboxylic acids is 1. The van der Waals surface area contributed by atoms with Crippen LogP contribution in [0.25, 0.3) is 45.7 Å². The van der Waals surface area contributed by atoms with E-state index in [1.54, 1.807) is 81.0 Å². The molecular formula is C44H40F2N8O7. The first-order chi connectivity index (χ1) is 29.4. The first-order valence-electron chi connectivity index (χ1n) is 18.8. The lowest BCUT2D eigenvalue weighted by molar-refractivity contribution is 0.0696. The zero-order valence-electron chi connectivity index (χ0n) is 33.4. The molecule has 4 aromatic heterocycles. The van der Waals surface area contributed by atoms with Crippen LogP contribution in [-0.4, -0.2) is 60.3 Å². The van der Waals surface area contributed by atoms with E-state index in [0.29, 0.717) is 76.2 Å². The molecule has 0 aliphatic rings. The Labute approximate surface area is 347 Å². The number of benzene rings is 4. The van der Waals surface area contributed by atoms with Crippen molar-refractivity contribution in [1.82, 2.24) is 35.6 Å². The van der Waals surface area contributed by atoms with Gasteiger partial charge in [0.1, 0.15) is 24.2 Å². The van der Waals surface area contributed by atoms with Gasteiger partial charge in [0, 0.05) is 66.6 Å². The Bertz CT molecular complexity index is 2690. The molecular weight excluding hydrogens is 791 g/mol. The molecule has 8 aromatic rings. The summed E-state index contributed by atoms with van der Waals surface area (Å²) in [6.07, 6.45) is 3.14. The summed E-state index contributed by atoms with van der Waals surface area (Å²) in [5.41, 5.74) is 10.5. The van der Waals surface area contributed by atoms with E-state index < -0.39 is 5.97 Å². The Morgan fingerprint density at radius 2 is 1.11 bits per heavy atom. The monoisotopic (exact) mass is 830 g/mol. The van der Waals surface area contributed by atoms with Crippen LogP contribution in [0.5, 0.6) is 0 Å². The van der Waals surface area contributed by atoms with Crippen LogP contribution in [0.15, 0.2) is 127 Å². The van der Waals surface area contributed by atoms with Gasteiger partial charge in [0.25, 0.3) is 5.91 Å². The molecule has 8 rings (SSSR count). The summed E-state index contributed by atoms with van der Waals surface area (Å²) in [6, 6.07) is 25.4. The summed E-state index contributed by atoms with van der Waals surface area (Å²) >= 11 is 0. The smallest absolute Gasteiger partial charge is 0.335 e. The number of nitrogens with zero attached hydrogens (tertiary/aromatic N) is 6. The average molecular weight is 831 g/mol. The number of nitrogens with one attached hydrogen (secondary N) is 1. The maximum absolute atomic E-state index is 13.1. The van der Waals surface area contributed by atoms with E-state index in [9.17, 15) is 18.4 Å². The third kappa shape index (κ3) is 11.5. The van der Waals surface area contributed by atoms with Gasteiger partial charge < -0.3 is 34.0 Å². The highest BCUT2D eigenvalue weighted by Crippen LogP contribution is 2.24. The molecule has 0 aliphatic heterocycles. The summed E-state index contributed by atoms with van der Waals surface area (Å²) in [4.78, 5) is 40.2. The Balaban J connectivity index is 0.000000169. The number of carboxylic acid groups (broad SMARTS) is 1. The number of aryl methyl sites for hydroxylation is 2. The Hall–Kier alpha value is -7.66. The van der Waals surface area contributed by atoms with Gasteiger partial charge in [-0.25, -0.2) is 23.5 Å². The maximum atomic E-state index is 13.1. The fourth-order valence-electron chi connectivity index (χ4n) is 5.47. The lowest BCUT2D eigenvalue weighted by atomic mass is 10.1. The van der Waals surface area contributed by atoms with Gasteiger partial charge in [-0.05, 0) is 72.8 Å². The van der Waals surface area contributed by atoms with Gasteiger partial charge in [-0.3, -0.25) is 4.79 Å². The number of hydrogen-bond acceptors (Lipinski definition) is 13. The number of oxazole rings is 2. The summed E-state index contributed by atoms with van der Waals surface area (Å²) < 4.78 is 46.4. The summed E-state index contributed by atoms with van der Waals surface area (Å²) in [6.45, 7) is 8.20. The molecule has 2 atom stereocenters. The highest BCUT2D eigenvalue weighted by molar-refractivity contribution is 5.95. The van der Waals surface area contributed by atoms with Crippen LogP contribution in [-0.2, 0) is 0 Å². The minimum absolute atomic E-state index is 0.0741. The predicted molar refractivity (Wildman–Crippen MR) is 218 cm³/mol. The summed E-state index contributed by atoms with van der Waals surface area (Å²) in [5.74, 6) is 0.956. The molecule has 0 saturated carbocycles. The van der Waals surface area contributed by atoms with Crippen LogP contribution in [0.1, 0.15) is 69.6 Å². The van der Waals surface area contributed by atoms with Crippen LogP contribution in [0.2, 0.25) is 0 Å². The molecule has 1 amide bonds. The van der Waals surface area contributed by atoms with Gasteiger partial charge in [0.15, 0.2) is 0 Å². The van der Waals surface area contributed by atoms with E-state index in [1.807, 2.05) is 19.9 Å². The Kier molecular flexibility index (Phi) is 14.0. The van der Waals surface area contributed by atoms with E-state index in [1.165, 1.54) is 36.4 Å². The number of carboxylic acids is 1. The van der Waals surface area contributed by atoms with Gasteiger partial charge in [-0.2, -0.15) is 9.97 Å². The van der Waals surface area contributed by atoms with E-state index in [-0.39, 0.29) is 34.9 Å². The summed E-state index contributed by atoms with van der Waals surface area (Å²) in [5, 5.41) is 19.3. The van der Waals surface area contributed by atoms with Crippen molar-refractivity contribution in [2.45, 2.75) is 39.5 Å². The highest BCUT2D eigenvalue weighted by Gasteiger charge is 2.16. The minimum atomic E-state index is -0.975. The summed E-state index contributed by atoms with van der Waals surface area (Å²) in [7, 11) is 0. The number of hydrogen-bond donors (Lipinski definition) is 3. The van der Waals surface area contributed by atoms with Crippen molar-refractivity contribution in [3.05, 3.63) is 156 Å². The molecule has 15 nitrogen and oxygen atoms in total. The molecule has 17 heteroatoms. The van der Waals surface area contributed by atoms with Crippen molar-refractivity contribution in [2.75, 3.05) is 13.1 Å². The van der Waals surface area contributed by atoms with Crippen LogP contribution in [0.4, 0.5) is 8.78 Å². The SMILES string of the molecule is CC(CN)c1coc(-c2ccc(F)cc2)n1.Cc1nc(-c2cccc(C(=O)NCC(C)c3coc(-c4ccc(F)cc4)n3)c2)no1.Cc1nc(-c2cccc(C(=O)O)c2)no1. The second-order valence-corrected chi connectivity index (χ2v) is 13.7. The second-order valence-electron chi connectivity index (χ2n) is 13.7. The molecule has 312 valence electrons. The zero-order valence-corrected chi connectivity index (χ0v) is 33.4. The second kappa shape index (κ2) is 19.9. The molecule has 2 unspecified atom stereocenters. The van der Waals surface area contributed by atoms with Crippen LogP contribution < -0.4 is 11.1 Å². The lowest BCUT2D eigenvalue weighted by Gasteiger charge is -2.10. The number of amides is 1. The van der Waals surface area contributed by atoms with E-state index in [0.717, 1.165) is 11.3 Å². The number of carbonyl (C=O) groups excluding carboxylic acids is 1. The Morgan fingerprint density at radius 1 is 0.656 bits per heavy atom. The van der Waals surface area contributed by atoms with E-state index in [4.69, 9.17) is 28.7 Å².